The van der Waals surface area contributed by atoms with Gasteiger partial charge in [-0.25, -0.2) is 31.6 Å². The van der Waals surface area contributed by atoms with E-state index in [-0.39, 0.29) is 17.1 Å². The second kappa shape index (κ2) is 6.51. The monoisotopic (exact) mass is 439 g/mol. The molecule has 1 aliphatic carbocycles. The first-order chi connectivity index (χ1) is 14.0. The number of benzene rings is 1. The molecule has 1 fully saturated rings. The number of nitrogens with one attached hydrogen (secondary N) is 1. The van der Waals surface area contributed by atoms with Crippen LogP contribution in [-0.2, 0) is 15.5 Å². The Balaban J connectivity index is 1.69. The van der Waals surface area contributed by atoms with Gasteiger partial charge < -0.3 is 16.8 Å². The second-order valence-corrected chi connectivity index (χ2v) is 9.61. The molecule has 0 saturated heterocycles. The first kappa shape index (κ1) is 20.3. The number of pyridine rings is 1. The van der Waals surface area contributed by atoms with Crippen LogP contribution in [0.2, 0.25) is 0 Å². The van der Waals surface area contributed by atoms with Crippen LogP contribution in [-0.4, -0.2) is 35.6 Å². The zero-order valence-corrected chi connectivity index (χ0v) is 16.1. The summed E-state index contributed by atoms with van der Waals surface area (Å²) in [5.74, 6) is -4.87. The van der Waals surface area contributed by atoms with Gasteiger partial charge in [-0.2, -0.15) is 0 Å². The molecule has 1 amide bonds. The Hall–Kier alpha value is -2.99. The Morgan fingerprint density at radius 3 is 2.43 bits per heavy atom. The zero-order chi connectivity index (χ0) is 21.9. The topological polar surface area (TPSA) is 141 Å². The van der Waals surface area contributed by atoms with Crippen LogP contribution in [0.25, 0.3) is 0 Å². The fraction of sp³-hybridized carbons (Fsp3) is 0.278. The third-order valence-corrected chi connectivity index (χ3v) is 7.84. The van der Waals surface area contributed by atoms with E-state index in [1.54, 1.807) is 0 Å². The lowest BCUT2D eigenvalue weighted by atomic mass is 10.0. The van der Waals surface area contributed by atoms with Crippen LogP contribution >= 0.6 is 0 Å². The highest BCUT2D eigenvalue weighted by atomic mass is 32.2. The molecule has 1 saturated carbocycles. The average molecular weight is 439 g/mol. The first-order valence-corrected chi connectivity index (χ1v) is 10.4. The lowest BCUT2D eigenvalue weighted by Crippen LogP contribution is -2.55. The Bertz CT molecular complexity index is 1210. The molecule has 8 nitrogen and oxygen atoms in total. The van der Waals surface area contributed by atoms with Crippen molar-refractivity contribution < 1.29 is 26.4 Å². The summed E-state index contributed by atoms with van der Waals surface area (Å²) in [6.45, 7) is 0. The smallest absolute Gasteiger partial charge is 0.277 e. The van der Waals surface area contributed by atoms with E-state index in [4.69, 9.17) is 11.5 Å². The van der Waals surface area contributed by atoms with Gasteiger partial charge in [-0.05, 0) is 31.0 Å². The molecule has 4 rings (SSSR count). The van der Waals surface area contributed by atoms with Gasteiger partial charge in [0.25, 0.3) is 5.91 Å². The second-order valence-electron chi connectivity index (χ2n) is 7.31. The van der Waals surface area contributed by atoms with Gasteiger partial charge in [-0.3, -0.25) is 4.79 Å². The maximum Gasteiger partial charge on any atom is 0.277 e. The highest BCUT2D eigenvalue weighted by molar-refractivity contribution is 7.94. The van der Waals surface area contributed by atoms with Crippen molar-refractivity contribution in [3.05, 3.63) is 59.2 Å². The molecule has 30 heavy (non-hydrogen) atoms. The van der Waals surface area contributed by atoms with Crippen molar-refractivity contribution in [2.45, 2.75) is 23.3 Å². The molecule has 5 N–H and O–H groups in total. The number of carbonyl (C=O) groups excluding carboxylic acids is 1. The van der Waals surface area contributed by atoms with Crippen molar-refractivity contribution in [2.24, 2.45) is 16.5 Å². The van der Waals surface area contributed by atoms with Crippen molar-refractivity contribution in [3.8, 4) is 0 Å². The number of hydrogen-bond acceptors (Lipinski definition) is 7. The van der Waals surface area contributed by atoms with Crippen LogP contribution in [0.3, 0.4) is 0 Å². The van der Waals surface area contributed by atoms with Crippen molar-refractivity contribution in [1.29, 1.82) is 0 Å². The molecule has 1 spiro atoms. The number of nitrogens with two attached hydrogens (primary N) is 2. The molecule has 1 aromatic heterocycles. The van der Waals surface area contributed by atoms with E-state index in [0.29, 0.717) is 25.1 Å². The Morgan fingerprint density at radius 2 is 1.83 bits per heavy atom. The molecule has 2 aromatic rings. The van der Waals surface area contributed by atoms with Crippen molar-refractivity contribution in [1.82, 2.24) is 4.98 Å². The summed E-state index contributed by atoms with van der Waals surface area (Å²) in [5, 5.41) is 2.29. The van der Waals surface area contributed by atoms with Gasteiger partial charge in [-0.15, -0.1) is 0 Å². The van der Waals surface area contributed by atoms with Crippen molar-refractivity contribution in [2.75, 3.05) is 11.1 Å². The minimum absolute atomic E-state index is 0.0235. The van der Waals surface area contributed by atoms with Gasteiger partial charge >= 0.3 is 0 Å². The summed E-state index contributed by atoms with van der Waals surface area (Å²) < 4.78 is 65.4. The first-order valence-electron chi connectivity index (χ1n) is 8.77. The number of halogens is 3. The molecule has 1 aromatic carbocycles. The standard InChI is InChI=1S/C18H16F3N5O3S/c19-9-5-13(21)14(24-7-9)15(27)25-10-1-2-12(20)11(6-10)18(23)8-30(28,29)17(3-4-17)16(22)26-18/h1-2,5-7H,3-4,8,23H2,(H2,22,26)(H,25,27)/t18-/m0/s1. The van der Waals surface area contributed by atoms with E-state index >= 15 is 0 Å². The van der Waals surface area contributed by atoms with Crippen LogP contribution in [0.5, 0.6) is 0 Å². The van der Waals surface area contributed by atoms with Crippen molar-refractivity contribution >= 4 is 27.3 Å². The Labute approximate surface area is 169 Å². The number of anilines is 1. The van der Waals surface area contributed by atoms with Gasteiger partial charge in [0.15, 0.2) is 27.0 Å². The van der Waals surface area contributed by atoms with Gasteiger partial charge in [-0.1, -0.05) is 0 Å². The molecule has 0 bridgehead atoms. The summed E-state index contributed by atoms with van der Waals surface area (Å²) in [4.78, 5) is 19.7. The SMILES string of the molecule is NC1=N[C@](N)(c2cc(NC(=O)c3ncc(F)cc3F)ccc2F)CS(=O)(=O)C12CC2. The summed E-state index contributed by atoms with van der Waals surface area (Å²) in [7, 11) is -3.79. The summed E-state index contributed by atoms with van der Waals surface area (Å²) >= 11 is 0. The Kier molecular flexibility index (Phi) is 4.40. The van der Waals surface area contributed by atoms with Gasteiger partial charge in [0.2, 0.25) is 0 Å². The zero-order valence-electron chi connectivity index (χ0n) is 15.3. The largest absolute Gasteiger partial charge is 0.386 e. The Morgan fingerprint density at radius 1 is 1.13 bits per heavy atom. The molecule has 158 valence electrons. The predicted molar refractivity (Wildman–Crippen MR) is 102 cm³/mol. The van der Waals surface area contributed by atoms with Crippen molar-refractivity contribution in [3.63, 3.8) is 0 Å². The fourth-order valence-corrected chi connectivity index (χ4v) is 5.63. The predicted octanol–water partition coefficient (Wildman–Crippen LogP) is 1.18. The number of aliphatic imine (C=N–C) groups is 1. The van der Waals surface area contributed by atoms with E-state index in [2.05, 4.69) is 15.3 Å². The molecular formula is C18H16F3N5O3S. The number of carbonyl (C=O) groups is 1. The van der Waals surface area contributed by atoms with Gasteiger partial charge in [0, 0.05) is 17.3 Å². The van der Waals surface area contributed by atoms with E-state index in [1.807, 2.05) is 0 Å². The van der Waals surface area contributed by atoms with Crippen LogP contribution < -0.4 is 16.8 Å². The van der Waals surface area contributed by atoms with Crippen LogP contribution in [0.15, 0.2) is 35.5 Å². The molecular weight excluding hydrogens is 423 g/mol. The lowest BCUT2D eigenvalue weighted by Gasteiger charge is -2.34. The summed E-state index contributed by atoms with van der Waals surface area (Å²) in [6.07, 6.45) is 1.33. The van der Waals surface area contributed by atoms with Crippen LogP contribution in [0.4, 0.5) is 18.9 Å². The molecule has 0 unspecified atom stereocenters. The third kappa shape index (κ3) is 3.12. The fourth-order valence-electron chi connectivity index (χ4n) is 3.46. The quantitative estimate of drug-likeness (QED) is 0.656. The summed E-state index contributed by atoms with van der Waals surface area (Å²) in [5.41, 5.74) is 8.98. The maximum atomic E-state index is 14.5. The highest BCUT2D eigenvalue weighted by Crippen LogP contribution is 2.49. The molecule has 1 aliphatic heterocycles. The molecule has 1 atom stereocenters. The van der Waals surface area contributed by atoms with E-state index in [0.717, 1.165) is 18.2 Å². The van der Waals surface area contributed by atoms with E-state index in [1.165, 1.54) is 0 Å². The van der Waals surface area contributed by atoms with Crippen LogP contribution in [0, 0.1) is 17.5 Å². The number of amidine groups is 1. The van der Waals surface area contributed by atoms with Crippen LogP contribution in [0.1, 0.15) is 28.9 Å². The minimum Gasteiger partial charge on any atom is -0.386 e. The average Bonchev–Trinajstić information content (AvgIpc) is 3.44. The number of hydrogen-bond donors (Lipinski definition) is 3. The minimum atomic E-state index is -3.79. The van der Waals surface area contributed by atoms with E-state index < -0.39 is 55.1 Å². The van der Waals surface area contributed by atoms with Gasteiger partial charge in [0.05, 0.1) is 11.9 Å². The highest BCUT2D eigenvalue weighted by Gasteiger charge is 2.62. The van der Waals surface area contributed by atoms with E-state index in [9.17, 15) is 26.4 Å². The number of amides is 1. The maximum absolute atomic E-state index is 14.5. The molecule has 2 aliphatic rings. The number of nitrogens with zero attached hydrogens (tertiary/aromatic N) is 2. The molecule has 0 radical (unpaired) electrons. The molecule has 12 heteroatoms. The molecule has 2 heterocycles. The number of sulfone groups is 1. The lowest BCUT2D eigenvalue weighted by molar-refractivity contribution is 0.101. The number of aromatic nitrogens is 1. The normalized spacial score (nSPS) is 23.7. The van der Waals surface area contributed by atoms with Gasteiger partial charge in [0.1, 0.15) is 22.2 Å². The third-order valence-electron chi connectivity index (χ3n) is 5.21. The number of rotatable bonds is 3. The summed E-state index contributed by atoms with van der Waals surface area (Å²) in [6, 6.07) is 3.69.